The number of halogens is 1. The number of nitrogens with one attached hydrogen (secondary N) is 2. The predicted octanol–water partition coefficient (Wildman–Crippen LogP) is 0.699. The van der Waals surface area contributed by atoms with E-state index in [0.29, 0.717) is 26.1 Å². The Morgan fingerprint density at radius 3 is 3.10 bits per heavy atom. The molecule has 1 aliphatic rings. The molecule has 0 radical (unpaired) electrons. The van der Waals surface area contributed by atoms with Gasteiger partial charge in [-0.1, -0.05) is 12.1 Å². The van der Waals surface area contributed by atoms with Gasteiger partial charge in [0.25, 0.3) is 0 Å². The van der Waals surface area contributed by atoms with Crippen molar-refractivity contribution in [2.45, 2.75) is 12.5 Å². The summed E-state index contributed by atoms with van der Waals surface area (Å²) in [4.78, 5) is 11.6. The van der Waals surface area contributed by atoms with Crippen molar-refractivity contribution >= 4 is 5.91 Å². The van der Waals surface area contributed by atoms with Gasteiger partial charge in [0.05, 0.1) is 25.7 Å². The minimum atomic E-state index is -0.402. The number of rotatable bonds is 6. The lowest BCUT2D eigenvalue weighted by Gasteiger charge is -2.23. The number of hydrogen-bond donors (Lipinski definition) is 2. The SMILES string of the molecule is O=C(C[C@@H]1CNCCO1)NCCOc1ccccc1F. The Morgan fingerprint density at radius 1 is 1.50 bits per heavy atom. The van der Waals surface area contributed by atoms with E-state index in [1.54, 1.807) is 18.2 Å². The second-order valence-electron chi connectivity index (χ2n) is 4.53. The van der Waals surface area contributed by atoms with Gasteiger partial charge in [0.2, 0.25) is 5.91 Å². The van der Waals surface area contributed by atoms with E-state index in [2.05, 4.69) is 10.6 Å². The number of hydrogen-bond acceptors (Lipinski definition) is 4. The van der Waals surface area contributed by atoms with Gasteiger partial charge in [-0.25, -0.2) is 4.39 Å². The third kappa shape index (κ3) is 4.79. The lowest BCUT2D eigenvalue weighted by molar-refractivity contribution is -0.124. The summed E-state index contributed by atoms with van der Waals surface area (Å²) in [5.74, 6) is -0.294. The maximum atomic E-state index is 13.2. The van der Waals surface area contributed by atoms with Gasteiger partial charge in [-0.3, -0.25) is 4.79 Å². The molecule has 0 aromatic heterocycles. The zero-order chi connectivity index (χ0) is 14.2. The van der Waals surface area contributed by atoms with E-state index < -0.39 is 5.82 Å². The van der Waals surface area contributed by atoms with E-state index in [-0.39, 0.29) is 24.4 Å². The number of morpholine rings is 1. The van der Waals surface area contributed by atoms with Crippen molar-refractivity contribution in [2.75, 3.05) is 32.8 Å². The molecule has 1 atom stereocenters. The smallest absolute Gasteiger partial charge is 0.222 e. The quantitative estimate of drug-likeness (QED) is 0.754. The van der Waals surface area contributed by atoms with Crippen LogP contribution in [0.5, 0.6) is 5.75 Å². The van der Waals surface area contributed by atoms with Crippen molar-refractivity contribution in [1.29, 1.82) is 0 Å². The average Bonchev–Trinajstić information content (AvgIpc) is 2.46. The first-order valence-electron chi connectivity index (χ1n) is 6.72. The lowest BCUT2D eigenvalue weighted by atomic mass is 10.2. The highest BCUT2D eigenvalue weighted by molar-refractivity contribution is 5.76. The molecule has 1 heterocycles. The van der Waals surface area contributed by atoms with Crippen molar-refractivity contribution < 1.29 is 18.7 Å². The molecule has 110 valence electrons. The molecule has 2 rings (SSSR count). The van der Waals surface area contributed by atoms with Crippen molar-refractivity contribution in [3.05, 3.63) is 30.1 Å². The van der Waals surface area contributed by atoms with E-state index in [1.165, 1.54) is 6.07 Å². The summed E-state index contributed by atoms with van der Waals surface area (Å²) in [6.07, 6.45) is 0.253. The highest BCUT2D eigenvalue weighted by Crippen LogP contribution is 2.14. The largest absolute Gasteiger partial charge is 0.489 e. The highest BCUT2D eigenvalue weighted by Gasteiger charge is 2.16. The van der Waals surface area contributed by atoms with Crippen LogP contribution < -0.4 is 15.4 Å². The number of carbonyl (C=O) groups is 1. The molecule has 0 bridgehead atoms. The minimum absolute atomic E-state index is 0.0729. The van der Waals surface area contributed by atoms with Crippen LogP contribution in [0.15, 0.2) is 24.3 Å². The molecule has 20 heavy (non-hydrogen) atoms. The van der Waals surface area contributed by atoms with E-state index in [9.17, 15) is 9.18 Å². The zero-order valence-electron chi connectivity index (χ0n) is 11.2. The van der Waals surface area contributed by atoms with Gasteiger partial charge in [0, 0.05) is 13.1 Å². The first kappa shape index (κ1) is 14.7. The Morgan fingerprint density at radius 2 is 2.35 bits per heavy atom. The normalized spacial score (nSPS) is 18.6. The molecule has 6 heteroatoms. The Hall–Kier alpha value is -1.66. The molecule has 0 spiro atoms. The standard InChI is InChI=1S/C14H19FN2O3/c15-12-3-1-2-4-13(12)20-8-6-17-14(18)9-11-10-16-5-7-19-11/h1-4,11,16H,5-10H2,(H,17,18)/t11-/m1/s1. The average molecular weight is 282 g/mol. The lowest BCUT2D eigenvalue weighted by Crippen LogP contribution is -2.41. The highest BCUT2D eigenvalue weighted by atomic mass is 19.1. The monoisotopic (exact) mass is 282 g/mol. The molecule has 1 aliphatic heterocycles. The van der Waals surface area contributed by atoms with Gasteiger partial charge < -0.3 is 20.1 Å². The van der Waals surface area contributed by atoms with Gasteiger partial charge in [-0.05, 0) is 12.1 Å². The Labute approximate surface area is 117 Å². The summed E-state index contributed by atoms with van der Waals surface area (Å²) in [7, 11) is 0. The van der Waals surface area contributed by atoms with Crippen LogP contribution in [0.4, 0.5) is 4.39 Å². The maximum Gasteiger partial charge on any atom is 0.222 e. The van der Waals surface area contributed by atoms with E-state index in [1.807, 2.05) is 0 Å². The van der Waals surface area contributed by atoms with Crippen LogP contribution >= 0.6 is 0 Å². The van der Waals surface area contributed by atoms with Crippen molar-refractivity contribution in [3.63, 3.8) is 0 Å². The summed E-state index contributed by atoms with van der Waals surface area (Å²) in [6, 6.07) is 6.19. The van der Waals surface area contributed by atoms with Crippen molar-refractivity contribution in [3.8, 4) is 5.75 Å². The summed E-state index contributed by atoms with van der Waals surface area (Å²) < 4.78 is 23.9. The number of amides is 1. The number of benzene rings is 1. The molecular weight excluding hydrogens is 263 g/mol. The van der Waals surface area contributed by atoms with Crippen molar-refractivity contribution in [2.24, 2.45) is 0 Å². The van der Waals surface area contributed by atoms with Crippen LogP contribution in [0.3, 0.4) is 0 Å². The van der Waals surface area contributed by atoms with Gasteiger partial charge in [-0.15, -0.1) is 0 Å². The van der Waals surface area contributed by atoms with Crippen LogP contribution in [0.1, 0.15) is 6.42 Å². The Kier molecular flexibility index (Phi) is 5.76. The molecule has 1 aromatic carbocycles. The second kappa shape index (κ2) is 7.81. The molecular formula is C14H19FN2O3. The first-order valence-corrected chi connectivity index (χ1v) is 6.72. The summed E-state index contributed by atoms with van der Waals surface area (Å²) in [6.45, 7) is 2.73. The Balaban J connectivity index is 1.60. The fourth-order valence-corrected chi connectivity index (χ4v) is 1.94. The van der Waals surface area contributed by atoms with Crippen LogP contribution in [0.2, 0.25) is 0 Å². The van der Waals surface area contributed by atoms with Crippen LogP contribution in [-0.4, -0.2) is 44.9 Å². The molecule has 2 N–H and O–H groups in total. The molecule has 0 unspecified atom stereocenters. The number of ether oxygens (including phenoxy) is 2. The summed E-state index contributed by atoms with van der Waals surface area (Å²) in [5, 5.41) is 5.89. The molecule has 0 saturated carbocycles. The molecule has 1 fully saturated rings. The van der Waals surface area contributed by atoms with Crippen LogP contribution in [0.25, 0.3) is 0 Å². The van der Waals surface area contributed by atoms with E-state index in [0.717, 1.165) is 6.54 Å². The number of carbonyl (C=O) groups excluding carboxylic acids is 1. The van der Waals surface area contributed by atoms with Crippen molar-refractivity contribution in [1.82, 2.24) is 10.6 Å². The van der Waals surface area contributed by atoms with Gasteiger partial charge in [-0.2, -0.15) is 0 Å². The molecule has 1 aromatic rings. The molecule has 0 aliphatic carbocycles. The van der Waals surface area contributed by atoms with Crippen LogP contribution in [-0.2, 0) is 9.53 Å². The fraction of sp³-hybridized carbons (Fsp3) is 0.500. The first-order chi connectivity index (χ1) is 9.75. The molecule has 5 nitrogen and oxygen atoms in total. The number of para-hydroxylation sites is 1. The molecule has 1 saturated heterocycles. The predicted molar refractivity (Wildman–Crippen MR) is 72.1 cm³/mol. The minimum Gasteiger partial charge on any atom is -0.489 e. The molecule has 1 amide bonds. The third-order valence-corrected chi connectivity index (χ3v) is 2.94. The van der Waals surface area contributed by atoms with Gasteiger partial charge >= 0.3 is 0 Å². The topological polar surface area (TPSA) is 59.6 Å². The third-order valence-electron chi connectivity index (χ3n) is 2.94. The fourth-order valence-electron chi connectivity index (χ4n) is 1.94. The van der Waals surface area contributed by atoms with Gasteiger partial charge in [0.1, 0.15) is 6.61 Å². The van der Waals surface area contributed by atoms with Crippen LogP contribution in [0, 0.1) is 5.82 Å². The zero-order valence-corrected chi connectivity index (χ0v) is 11.2. The van der Waals surface area contributed by atoms with E-state index >= 15 is 0 Å². The second-order valence-corrected chi connectivity index (χ2v) is 4.53. The maximum absolute atomic E-state index is 13.2. The van der Waals surface area contributed by atoms with Gasteiger partial charge in [0.15, 0.2) is 11.6 Å². The Bertz CT molecular complexity index is 436. The van der Waals surface area contributed by atoms with E-state index in [4.69, 9.17) is 9.47 Å². The summed E-state index contributed by atoms with van der Waals surface area (Å²) >= 11 is 0. The summed E-state index contributed by atoms with van der Waals surface area (Å²) in [5.41, 5.74) is 0.